The Bertz CT molecular complexity index is 170. The number of unbranched alkanes of at least 4 members (excludes halogenated alkanes) is 1. The average molecular weight is 185 g/mol. The monoisotopic (exact) mass is 185 g/mol. The van der Waals surface area contributed by atoms with E-state index in [1.165, 1.54) is 0 Å². The maximum Gasteiger partial charge on any atom is 0.222 e. The highest BCUT2D eigenvalue weighted by atomic mass is 16.5. The first-order valence-corrected chi connectivity index (χ1v) is 5.13. The second-order valence-electron chi connectivity index (χ2n) is 3.62. The van der Waals surface area contributed by atoms with E-state index in [1.54, 1.807) is 0 Å². The number of ether oxygens (including phenoxy) is 1. The topological polar surface area (TPSA) is 29.5 Å². The molecule has 3 nitrogen and oxygen atoms in total. The number of morpholine rings is 1. The lowest BCUT2D eigenvalue weighted by Crippen LogP contribution is -2.44. The molecule has 1 fully saturated rings. The zero-order valence-corrected chi connectivity index (χ0v) is 8.58. The first kappa shape index (κ1) is 10.5. The molecule has 0 saturated carbocycles. The molecule has 0 aromatic rings. The molecule has 0 aromatic carbocycles. The van der Waals surface area contributed by atoms with Gasteiger partial charge in [0, 0.05) is 19.5 Å². The lowest BCUT2D eigenvalue weighted by Gasteiger charge is -2.31. The molecule has 0 radical (unpaired) electrons. The fourth-order valence-corrected chi connectivity index (χ4v) is 1.53. The van der Waals surface area contributed by atoms with Gasteiger partial charge in [-0.3, -0.25) is 4.79 Å². The standard InChI is InChI=1S/C10H19NO2/c1-3-4-5-10(12)11-6-7-13-9(2)8-11/h9H,3-8H2,1-2H3. The van der Waals surface area contributed by atoms with Crippen molar-refractivity contribution in [2.45, 2.75) is 39.2 Å². The van der Waals surface area contributed by atoms with Crippen LogP contribution in [0, 0.1) is 0 Å². The van der Waals surface area contributed by atoms with Crippen LogP contribution in [-0.4, -0.2) is 36.6 Å². The lowest BCUT2D eigenvalue weighted by molar-refractivity contribution is -0.138. The predicted molar refractivity (Wildman–Crippen MR) is 51.5 cm³/mol. The van der Waals surface area contributed by atoms with Gasteiger partial charge in [0.1, 0.15) is 0 Å². The number of carbonyl (C=O) groups is 1. The summed E-state index contributed by atoms with van der Waals surface area (Å²) < 4.78 is 5.37. The van der Waals surface area contributed by atoms with Crippen LogP contribution in [0.2, 0.25) is 0 Å². The largest absolute Gasteiger partial charge is 0.375 e. The summed E-state index contributed by atoms with van der Waals surface area (Å²) in [6.45, 7) is 6.35. The molecular weight excluding hydrogens is 166 g/mol. The van der Waals surface area contributed by atoms with E-state index < -0.39 is 0 Å². The zero-order valence-electron chi connectivity index (χ0n) is 8.58. The van der Waals surface area contributed by atoms with Crippen molar-refractivity contribution in [3.63, 3.8) is 0 Å². The van der Waals surface area contributed by atoms with Crippen molar-refractivity contribution < 1.29 is 9.53 Å². The van der Waals surface area contributed by atoms with Gasteiger partial charge in [0.05, 0.1) is 12.7 Å². The molecule has 0 aromatic heterocycles. The minimum atomic E-state index is 0.208. The van der Waals surface area contributed by atoms with Crippen LogP contribution in [0.25, 0.3) is 0 Å². The maximum atomic E-state index is 11.6. The van der Waals surface area contributed by atoms with E-state index in [-0.39, 0.29) is 12.0 Å². The normalized spacial score (nSPS) is 23.2. The molecule has 1 atom stereocenters. The third-order valence-corrected chi connectivity index (χ3v) is 2.34. The maximum absolute atomic E-state index is 11.6. The van der Waals surface area contributed by atoms with Gasteiger partial charge in [0.25, 0.3) is 0 Å². The van der Waals surface area contributed by atoms with E-state index >= 15 is 0 Å². The molecule has 1 unspecified atom stereocenters. The van der Waals surface area contributed by atoms with Crippen molar-refractivity contribution >= 4 is 5.91 Å². The summed E-state index contributed by atoms with van der Waals surface area (Å²) in [5.74, 6) is 0.289. The third kappa shape index (κ3) is 3.35. The van der Waals surface area contributed by atoms with Crippen molar-refractivity contribution in [3.05, 3.63) is 0 Å². The second-order valence-corrected chi connectivity index (χ2v) is 3.62. The number of rotatable bonds is 3. The van der Waals surface area contributed by atoms with Crippen molar-refractivity contribution in [1.82, 2.24) is 4.90 Å². The summed E-state index contributed by atoms with van der Waals surface area (Å²) in [4.78, 5) is 13.5. The van der Waals surface area contributed by atoms with E-state index in [4.69, 9.17) is 4.74 Å². The van der Waals surface area contributed by atoms with Crippen molar-refractivity contribution in [3.8, 4) is 0 Å². The van der Waals surface area contributed by atoms with Gasteiger partial charge in [-0.15, -0.1) is 0 Å². The van der Waals surface area contributed by atoms with Crippen molar-refractivity contribution in [2.75, 3.05) is 19.7 Å². The van der Waals surface area contributed by atoms with Crippen LogP contribution in [-0.2, 0) is 9.53 Å². The van der Waals surface area contributed by atoms with Gasteiger partial charge in [0.15, 0.2) is 0 Å². The summed E-state index contributed by atoms with van der Waals surface area (Å²) in [6, 6.07) is 0. The molecule has 3 heteroatoms. The molecule has 1 aliphatic rings. The molecule has 1 amide bonds. The van der Waals surface area contributed by atoms with Gasteiger partial charge in [-0.25, -0.2) is 0 Å². The molecule has 0 aliphatic carbocycles. The number of carbonyl (C=O) groups excluding carboxylic acids is 1. The Kier molecular flexibility index (Phi) is 4.22. The van der Waals surface area contributed by atoms with Crippen molar-refractivity contribution in [1.29, 1.82) is 0 Å². The Morgan fingerprint density at radius 3 is 3.00 bits per heavy atom. The molecule has 0 bridgehead atoms. The van der Waals surface area contributed by atoms with Gasteiger partial charge >= 0.3 is 0 Å². The third-order valence-electron chi connectivity index (χ3n) is 2.34. The van der Waals surface area contributed by atoms with Gasteiger partial charge in [-0.2, -0.15) is 0 Å². The highest BCUT2D eigenvalue weighted by Crippen LogP contribution is 2.07. The summed E-state index contributed by atoms with van der Waals surface area (Å²) >= 11 is 0. The molecule has 76 valence electrons. The minimum Gasteiger partial charge on any atom is -0.375 e. The van der Waals surface area contributed by atoms with E-state index in [0.29, 0.717) is 13.0 Å². The van der Waals surface area contributed by atoms with Crippen LogP contribution in [0.4, 0.5) is 0 Å². The molecule has 1 heterocycles. The molecule has 1 aliphatic heterocycles. The number of hydrogen-bond acceptors (Lipinski definition) is 2. The Labute approximate surface area is 80.1 Å². The first-order valence-electron chi connectivity index (χ1n) is 5.13. The van der Waals surface area contributed by atoms with E-state index in [1.807, 2.05) is 11.8 Å². The SMILES string of the molecule is CCCCC(=O)N1CCOC(C)C1. The van der Waals surface area contributed by atoms with Crippen LogP contribution in [0.15, 0.2) is 0 Å². The summed E-state index contributed by atoms with van der Waals surface area (Å²) in [6.07, 6.45) is 3.00. The van der Waals surface area contributed by atoms with E-state index in [2.05, 4.69) is 6.92 Å². The van der Waals surface area contributed by atoms with Crippen LogP contribution >= 0.6 is 0 Å². The Morgan fingerprint density at radius 1 is 1.62 bits per heavy atom. The minimum absolute atomic E-state index is 0.208. The van der Waals surface area contributed by atoms with Gasteiger partial charge in [0.2, 0.25) is 5.91 Å². The smallest absolute Gasteiger partial charge is 0.222 e. The Hall–Kier alpha value is -0.570. The fraction of sp³-hybridized carbons (Fsp3) is 0.900. The van der Waals surface area contributed by atoms with Gasteiger partial charge in [-0.1, -0.05) is 13.3 Å². The van der Waals surface area contributed by atoms with Gasteiger partial charge < -0.3 is 9.64 Å². The first-order chi connectivity index (χ1) is 6.24. The highest BCUT2D eigenvalue weighted by molar-refractivity contribution is 5.76. The van der Waals surface area contributed by atoms with E-state index in [9.17, 15) is 4.79 Å². The fourth-order valence-electron chi connectivity index (χ4n) is 1.53. The quantitative estimate of drug-likeness (QED) is 0.665. The lowest BCUT2D eigenvalue weighted by atomic mass is 10.2. The van der Waals surface area contributed by atoms with Crippen LogP contribution in [0.5, 0.6) is 0 Å². The molecule has 0 N–H and O–H groups in total. The van der Waals surface area contributed by atoms with Crippen molar-refractivity contribution in [2.24, 2.45) is 0 Å². The van der Waals surface area contributed by atoms with Gasteiger partial charge in [-0.05, 0) is 13.3 Å². The van der Waals surface area contributed by atoms with E-state index in [0.717, 1.165) is 25.9 Å². The van der Waals surface area contributed by atoms with Crippen LogP contribution < -0.4 is 0 Å². The number of hydrogen-bond donors (Lipinski definition) is 0. The zero-order chi connectivity index (χ0) is 9.68. The molecule has 13 heavy (non-hydrogen) atoms. The summed E-state index contributed by atoms with van der Waals surface area (Å²) in [5, 5.41) is 0. The Morgan fingerprint density at radius 2 is 2.38 bits per heavy atom. The predicted octanol–water partition coefficient (Wildman–Crippen LogP) is 1.42. The number of nitrogens with zero attached hydrogens (tertiary/aromatic N) is 1. The number of amides is 1. The Balaban J connectivity index is 2.28. The molecular formula is C10H19NO2. The van der Waals surface area contributed by atoms with Crippen LogP contribution in [0.3, 0.4) is 0 Å². The average Bonchev–Trinajstić information content (AvgIpc) is 2.14. The van der Waals surface area contributed by atoms with Crippen LogP contribution in [0.1, 0.15) is 33.1 Å². The highest BCUT2D eigenvalue weighted by Gasteiger charge is 2.20. The summed E-state index contributed by atoms with van der Waals surface area (Å²) in [7, 11) is 0. The molecule has 0 spiro atoms. The molecule has 1 rings (SSSR count). The molecule has 1 saturated heterocycles. The summed E-state index contributed by atoms with van der Waals surface area (Å²) in [5.41, 5.74) is 0. The second kappa shape index (κ2) is 5.22.